The highest BCUT2D eigenvalue weighted by atomic mass is 35.5. The molecule has 0 aliphatic carbocycles. The lowest BCUT2D eigenvalue weighted by atomic mass is 10.1. The highest BCUT2D eigenvalue weighted by molar-refractivity contribution is 6.31. The number of carbonyl (C=O) groups excluding carboxylic acids is 1. The fourth-order valence-corrected chi connectivity index (χ4v) is 3.40. The monoisotopic (exact) mass is 453 g/mol. The van der Waals surface area contributed by atoms with Crippen LogP contribution in [0.1, 0.15) is 27.6 Å². The molecule has 8 nitrogen and oxygen atoms in total. The van der Waals surface area contributed by atoms with E-state index in [0.717, 1.165) is 16.5 Å². The van der Waals surface area contributed by atoms with Crippen molar-refractivity contribution in [3.05, 3.63) is 81.5 Å². The third-order valence-electron chi connectivity index (χ3n) is 4.58. The van der Waals surface area contributed by atoms with Gasteiger partial charge in [-0.25, -0.2) is 4.98 Å². The molecule has 156 valence electrons. The number of aromatic amines is 1. The van der Waals surface area contributed by atoms with E-state index >= 15 is 0 Å². The Balaban J connectivity index is 1.40. The Kier molecular flexibility index (Phi) is 5.83. The molecule has 31 heavy (non-hydrogen) atoms. The Morgan fingerprint density at radius 2 is 1.97 bits per heavy atom. The van der Waals surface area contributed by atoms with Crippen LogP contribution >= 0.6 is 23.2 Å². The topological polar surface area (TPSA) is 133 Å². The number of hydrogen-bond donors (Lipinski definition) is 4. The molecule has 2 aromatic carbocycles. The van der Waals surface area contributed by atoms with Crippen LogP contribution in [0.15, 0.2) is 48.7 Å². The Labute approximate surface area is 187 Å². The van der Waals surface area contributed by atoms with Gasteiger partial charge in [0, 0.05) is 34.3 Å². The van der Waals surface area contributed by atoms with Gasteiger partial charge in [-0.3, -0.25) is 14.9 Å². The maximum atomic E-state index is 12.4. The van der Waals surface area contributed by atoms with Gasteiger partial charge in [0.2, 0.25) is 5.82 Å². The number of anilines is 1. The summed E-state index contributed by atoms with van der Waals surface area (Å²) in [7, 11) is 0. The molecule has 5 N–H and O–H groups in total. The van der Waals surface area contributed by atoms with Gasteiger partial charge in [-0.2, -0.15) is 0 Å². The van der Waals surface area contributed by atoms with E-state index in [9.17, 15) is 4.79 Å². The van der Waals surface area contributed by atoms with Gasteiger partial charge in [-0.15, -0.1) is 5.10 Å². The Morgan fingerprint density at radius 3 is 2.81 bits per heavy atom. The highest BCUT2D eigenvalue weighted by Gasteiger charge is 2.15. The number of amides is 1. The molecule has 0 unspecified atom stereocenters. The van der Waals surface area contributed by atoms with Gasteiger partial charge in [0.25, 0.3) is 5.91 Å². The molecule has 0 aliphatic heterocycles. The Hall–Kier alpha value is -3.49. The molecule has 0 bridgehead atoms. The molecule has 0 fully saturated rings. The number of rotatable bonds is 6. The van der Waals surface area contributed by atoms with E-state index in [2.05, 4.69) is 25.5 Å². The number of nitrogens with one attached hydrogen (secondary N) is 3. The second kappa shape index (κ2) is 8.71. The zero-order valence-electron chi connectivity index (χ0n) is 16.1. The minimum absolute atomic E-state index is 0.00707. The molecule has 4 aromatic rings. The number of aromatic nitrogens is 4. The van der Waals surface area contributed by atoms with Crippen molar-refractivity contribution in [2.45, 2.75) is 6.42 Å². The van der Waals surface area contributed by atoms with Gasteiger partial charge in [-0.1, -0.05) is 29.3 Å². The van der Waals surface area contributed by atoms with E-state index < -0.39 is 5.91 Å². The number of fused-ring (bicyclic) bond motifs is 1. The standard InChI is InChI=1S/C21H17Cl2N7O/c22-13-2-3-16(24)15(8-13)17(25)10-27-21(31)20-28-19(29-30-20)6-11-1-4-18-12(5-11)7-14(23)9-26-18/h1-5,7-9,25H,6,10,24H2,(H,27,31)(H,28,29,30). The number of pyridine rings is 1. The summed E-state index contributed by atoms with van der Waals surface area (Å²) >= 11 is 12.0. The lowest BCUT2D eigenvalue weighted by Gasteiger charge is -2.08. The van der Waals surface area contributed by atoms with Crippen LogP contribution in [0.25, 0.3) is 10.9 Å². The summed E-state index contributed by atoms with van der Waals surface area (Å²) in [4.78, 5) is 20.9. The number of nitrogens with zero attached hydrogens (tertiary/aromatic N) is 3. The lowest BCUT2D eigenvalue weighted by Crippen LogP contribution is -2.30. The molecule has 2 heterocycles. The number of nitrogens with two attached hydrogens (primary N) is 1. The summed E-state index contributed by atoms with van der Waals surface area (Å²) in [5.74, 6) is 0.0309. The molecule has 2 aromatic heterocycles. The van der Waals surface area contributed by atoms with Gasteiger partial charge in [-0.05, 0) is 42.0 Å². The van der Waals surface area contributed by atoms with Gasteiger partial charge in [0.1, 0.15) is 5.82 Å². The molecule has 0 spiro atoms. The van der Waals surface area contributed by atoms with E-state index in [1.54, 1.807) is 24.4 Å². The second-order valence-corrected chi connectivity index (χ2v) is 7.73. The van der Waals surface area contributed by atoms with E-state index in [0.29, 0.717) is 33.5 Å². The summed E-state index contributed by atoms with van der Waals surface area (Å²) in [6, 6.07) is 12.5. The van der Waals surface area contributed by atoms with Gasteiger partial charge in [0.05, 0.1) is 22.8 Å². The average Bonchev–Trinajstić information content (AvgIpc) is 3.21. The third-order valence-corrected chi connectivity index (χ3v) is 5.03. The molecular weight excluding hydrogens is 437 g/mol. The predicted octanol–water partition coefficient (Wildman–Crippen LogP) is 3.63. The molecule has 0 radical (unpaired) electrons. The molecule has 0 saturated heterocycles. The first-order valence-corrected chi connectivity index (χ1v) is 10.0. The SMILES string of the molecule is N=C(CNC(=O)c1n[nH]c(Cc2ccc3ncc(Cl)cc3c2)n1)c1cc(Cl)ccc1N. The molecule has 0 aliphatic rings. The minimum atomic E-state index is -0.498. The Bertz CT molecular complexity index is 1300. The van der Waals surface area contributed by atoms with E-state index in [1.807, 2.05) is 24.3 Å². The first kappa shape index (κ1) is 20.8. The van der Waals surface area contributed by atoms with Crippen LogP contribution in [-0.2, 0) is 6.42 Å². The molecule has 0 saturated carbocycles. The number of nitrogen functional groups attached to an aromatic ring is 1. The predicted molar refractivity (Wildman–Crippen MR) is 121 cm³/mol. The van der Waals surface area contributed by atoms with Crippen LogP contribution < -0.4 is 11.1 Å². The molecular formula is C21H17Cl2N7O. The summed E-state index contributed by atoms with van der Waals surface area (Å²) in [5.41, 5.74) is 8.70. The summed E-state index contributed by atoms with van der Waals surface area (Å²) in [6.45, 7) is -0.0360. The normalized spacial score (nSPS) is 10.9. The number of carbonyl (C=O) groups is 1. The maximum absolute atomic E-state index is 12.4. The van der Waals surface area contributed by atoms with E-state index in [1.165, 1.54) is 0 Å². The largest absolute Gasteiger partial charge is 0.398 e. The van der Waals surface area contributed by atoms with Crippen molar-refractivity contribution in [3.8, 4) is 0 Å². The lowest BCUT2D eigenvalue weighted by molar-refractivity contribution is 0.0949. The fourth-order valence-electron chi connectivity index (χ4n) is 3.07. The van der Waals surface area contributed by atoms with Crippen molar-refractivity contribution in [1.82, 2.24) is 25.5 Å². The minimum Gasteiger partial charge on any atom is -0.398 e. The number of benzene rings is 2. The van der Waals surface area contributed by atoms with Crippen LogP contribution in [0.4, 0.5) is 5.69 Å². The zero-order chi connectivity index (χ0) is 22.0. The summed E-state index contributed by atoms with van der Waals surface area (Å²) in [6.07, 6.45) is 2.06. The first-order chi connectivity index (χ1) is 14.9. The van der Waals surface area contributed by atoms with Crippen LogP contribution in [0, 0.1) is 5.41 Å². The molecule has 1 amide bonds. The Morgan fingerprint density at radius 1 is 1.13 bits per heavy atom. The summed E-state index contributed by atoms with van der Waals surface area (Å²) < 4.78 is 0. The third kappa shape index (κ3) is 4.82. The molecule has 0 atom stereocenters. The van der Waals surface area contributed by atoms with Gasteiger partial charge >= 0.3 is 0 Å². The number of H-pyrrole nitrogens is 1. The quantitative estimate of drug-likeness (QED) is 0.261. The number of hydrogen-bond acceptors (Lipinski definition) is 6. The van der Waals surface area contributed by atoms with E-state index in [4.69, 9.17) is 34.3 Å². The smallest absolute Gasteiger partial charge is 0.291 e. The van der Waals surface area contributed by atoms with Crippen molar-refractivity contribution >= 4 is 51.4 Å². The second-order valence-electron chi connectivity index (χ2n) is 6.86. The maximum Gasteiger partial charge on any atom is 0.291 e. The van der Waals surface area contributed by atoms with Crippen LogP contribution in [-0.4, -0.2) is 38.3 Å². The first-order valence-electron chi connectivity index (χ1n) is 9.25. The molecule has 4 rings (SSSR count). The zero-order valence-corrected chi connectivity index (χ0v) is 17.6. The van der Waals surface area contributed by atoms with Crippen LogP contribution in [0.3, 0.4) is 0 Å². The fraction of sp³-hybridized carbons (Fsp3) is 0.0952. The van der Waals surface area contributed by atoms with Crippen LogP contribution in [0.2, 0.25) is 10.0 Å². The van der Waals surface area contributed by atoms with Crippen molar-refractivity contribution in [2.75, 3.05) is 12.3 Å². The van der Waals surface area contributed by atoms with Crippen molar-refractivity contribution in [2.24, 2.45) is 0 Å². The summed E-state index contributed by atoms with van der Waals surface area (Å²) in [5, 5.41) is 19.5. The van der Waals surface area contributed by atoms with Crippen molar-refractivity contribution < 1.29 is 4.79 Å². The van der Waals surface area contributed by atoms with Crippen LogP contribution in [0.5, 0.6) is 0 Å². The van der Waals surface area contributed by atoms with Crippen molar-refractivity contribution in [1.29, 1.82) is 5.41 Å². The highest BCUT2D eigenvalue weighted by Crippen LogP contribution is 2.20. The van der Waals surface area contributed by atoms with E-state index in [-0.39, 0.29) is 18.1 Å². The number of halogens is 2. The van der Waals surface area contributed by atoms with Crippen molar-refractivity contribution in [3.63, 3.8) is 0 Å². The van der Waals surface area contributed by atoms with Gasteiger partial charge in [0.15, 0.2) is 0 Å². The average molecular weight is 454 g/mol. The van der Waals surface area contributed by atoms with Gasteiger partial charge < -0.3 is 16.5 Å². The molecule has 10 heteroatoms.